The number of carbonyl (C=O) groups is 2. The minimum atomic E-state index is -0.331. The van der Waals surface area contributed by atoms with Gasteiger partial charge in [-0.15, -0.1) is 0 Å². The van der Waals surface area contributed by atoms with Crippen molar-refractivity contribution in [1.29, 1.82) is 0 Å². The number of nitrogens with zero attached hydrogens (tertiary/aromatic N) is 2. The second-order valence-corrected chi connectivity index (χ2v) is 6.83. The summed E-state index contributed by atoms with van der Waals surface area (Å²) in [4.78, 5) is 27.7. The zero-order chi connectivity index (χ0) is 16.3. The highest BCUT2D eigenvalue weighted by Crippen LogP contribution is 2.19. The quantitative estimate of drug-likeness (QED) is 0.668. The van der Waals surface area contributed by atoms with Crippen LogP contribution in [0.15, 0.2) is 0 Å². The van der Waals surface area contributed by atoms with Crippen LogP contribution in [0.1, 0.15) is 33.6 Å². The Morgan fingerprint density at radius 3 is 2.55 bits per heavy atom. The van der Waals surface area contributed by atoms with Crippen molar-refractivity contribution >= 4 is 11.9 Å². The largest absolute Gasteiger partial charge is 0.395 e. The van der Waals surface area contributed by atoms with Gasteiger partial charge < -0.3 is 20.6 Å². The Kier molecular flexibility index (Phi) is 5.28. The van der Waals surface area contributed by atoms with Gasteiger partial charge in [0.1, 0.15) is 0 Å². The van der Waals surface area contributed by atoms with E-state index in [4.69, 9.17) is 5.11 Å². The Balaban J connectivity index is 1.84. The van der Waals surface area contributed by atoms with Crippen LogP contribution in [0.3, 0.4) is 0 Å². The average molecular weight is 312 g/mol. The van der Waals surface area contributed by atoms with Crippen LogP contribution in [0.5, 0.6) is 0 Å². The molecule has 22 heavy (non-hydrogen) atoms. The summed E-state index contributed by atoms with van der Waals surface area (Å²) in [5.41, 5.74) is -0.331. The van der Waals surface area contributed by atoms with E-state index in [0.29, 0.717) is 32.6 Å². The molecule has 2 saturated heterocycles. The SMILES string of the molecule is C[C@@H]1CN(C(=O)NCC2(C)CCC(=O)N2)C[C@H](C)N1CCO. The van der Waals surface area contributed by atoms with E-state index in [-0.39, 0.29) is 36.2 Å². The predicted octanol–water partition coefficient (Wildman–Crippen LogP) is -0.248. The highest BCUT2D eigenvalue weighted by molar-refractivity contribution is 5.80. The number of hydrogen-bond donors (Lipinski definition) is 3. The smallest absolute Gasteiger partial charge is 0.317 e. The monoisotopic (exact) mass is 312 g/mol. The van der Waals surface area contributed by atoms with Crippen molar-refractivity contribution in [2.24, 2.45) is 0 Å². The maximum Gasteiger partial charge on any atom is 0.317 e. The highest BCUT2D eigenvalue weighted by Gasteiger charge is 2.35. The summed E-state index contributed by atoms with van der Waals surface area (Å²) in [5.74, 6) is 0.0524. The van der Waals surface area contributed by atoms with Crippen LogP contribution < -0.4 is 10.6 Å². The first-order valence-corrected chi connectivity index (χ1v) is 8.05. The maximum absolute atomic E-state index is 12.4. The molecule has 2 aliphatic rings. The maximum atomic E-state index is 12.4. The molecule has 7 nitrogen and oxygen atoms in total. The van der Waals surface area contributed by atoms with E-state index in [9.17, 15) is 9.59 Å². The Morgan fingerprint density at radius 1 is 1.41 bits per heavy atom. The van der Waals surface area contributed by atoms with Crippen molar-refractivity contribution in [2.75, 3.05) is 32.8 Å². The molecule has 0 aliphatic carbocycles. The van der Waals surface area contributed by atoms with Gasteiger partial charge in [0.25, 0.3) is 0 Å². The normalized spacial score (nSPS) is 32.9. The molecular formula is C15H28N4O3. The van der Waals surface area contributed by atoms with Crippen molar-refractivity contribution in [3.8, 4) is 0 Å². The van der Waals surface area contributed by atoms with E-state index < -0.39 is 0 Å². The lowest BCUT2D eigenvalue weighted by molar-refractivity contribution is -0.119. The second-order valence-electron chi connectivity index (χ2n) is 6.83. The molecule has 2 heterocycles. The molecule has 126 valence electrons. The lowest BCUT2D eigenvalue weighted by Gasteiger charge is -2.44. The third-order valence-corrected chi connectivity index (χ3v) is 4.72. The molecule has 2 aliphatic heterocycles. The van der Waals surface area contributed by atoms with Crippen molar-refractivity contribution in [1.82, 2.24) is 20.4 Å². The van der Waals surface area contributed by atoms with Gasteiger partial charge in [-0.1, -0.05) is 0 Å². The molecule has 0 saturated carbocycles. The molecule has 0 aromatic heterocycles. The Bertz CT molecular complexity index is 419. The average Bonchev–Trinajstić information content (AvgIpc) is 2.80. The number of β-amino-alcohol motifs (C(OH)–C–C–N with tert-alkyl or cyclic N) is 1. The molecule has 1 unspecified atom stereocenters. The summed E-state index contributed by atoms with van der Waals surface area (Å²) < 4.78 is 0. The van der Waals surface area contributed by atoms with Gasteiger partial charge in [-0.05, 0) is 27.2 Å². The number of hydrogen-bond acceptors (Lipinski definition) is 4. The van der Waals surface area contributed by atoms with Crippen LogP contribution in [0.2, 0.25) is 0 Å². The number of aliphatic hydroxyl groups is 1. The third-order valence-electron chi connectivity index (χ3n) is 4.72. The van der Waals surface area contributed by atoms with Crippen molar-refractivity contribution in [2.45, 2.75) is 51.2 Å². The zero-order valence-corrected chi connectivity index (χ0v) is 13.8. The number of amides is 3. The first kappa shape index (κ1) is 17.0. The topological polar surface area (TPSA) is 84.9 Å². The van der Waals surface area contributed by atoms with Crippen molar-refractivity contribution in [3.63, 3.8) is 0 Å². The van der Waals surface area contributed by atoms with E-state index in [1.165, 1.54) is 0 Å². The number of rotatable bonds is 4. The van der Waals surface area contributed by atoms with Gasteiger partial charge in [0.05, 0.1) is 12.1 Å². The van der Waals surface area contributed by atoms with Crippen molar-refractivity contribution < 1.29 is 14.7 Å². The summed E-state index contributed by atoms with van der Waals surface area (Å²) in [6.45, 7) is 8.65. The van der Waals surface area contributed by atoms with Crippen LogP contribution in [0, 0.1) is 0 Å². The van der Waals surface area contributed by atoms with Crippen LogP contribution >= 0.6 is 0 Å². The number of urea groups is 1. The lowest BCUT2D eigenvalue weighted by atomic mass is 10.0. The molecule has 0 radical (unpaired) electrons. The molecular weight excluding hydrogens is 284 g/mol. The van der Waals surface area contributed by atoms with E-state index >= 15 is 0 Å². The van der Waals surface area contributed by atoms with Crippen LogP contribution in [-0.4, -0.2) is 77.3 Å². The van der Waals surface area contributed by atoms with Crippen LogP contribution in [-0.2, 0) is 4.79 Å². The van der Waals surface area contributed by atoms with Gasteiger partial charge in [0.2, 0.25) is 5.91 Å². The molecule has 0 spiro atoms. The minimum Gasteiger partial charge on any atom is -0.395 e. The fraction of sp³-hybridized carbons (Fsp3) is 0.867. The number of nitrogens with one attached hydrogen (secondary N) is 2. The molecule has 2 fully saturated rings. The van der Waals surface area contributed by atoms with Crippen LogP contribution in [0.25, 0.3) is 0 Å². The van der Waals surface area contributed by atoms with Crippen LogP contribution in [0.4, 0.5) is 4.79 Å². The van der Waals surface area contributed by atoms with Gasteiger partial charge in [-0.3, -0.25) is 9.69 Å². The molecule has 0 bridgehead atoms. The highest BCUT2D eigenvalue weighted by atomic mass is 16.3. The molecule has 7 heteroatoms. The summed E-state index contributed by atoms with van der Waals surface area (Å²) in [6, 6.07) is 0.372. The fourth-order valence-corrected chi connectivity index (χ4v) is 3.44. The first-order valence-electron chi connectivity index (χ1n) is 8.05. The van der Waals surface area contributed by atoms with E-state index in [2.05, 4.69) is 29.4 Å². The van der Waals surface area contributed by atoms with E-state index in [0.717, 1.165) is 6.42 Å². The van der Waals surface area contributed by atoms with E-state index in [1.54, 1.807) is 0 Å². The molecule has 2 rings (SSSR count). The van der Waals surface area contributed by atoms with Gasteiger partial charge >= 0.3 is 6.03 Å². The number of piperazine rings is 1. The summed E-state index contributed by atoms with van der Waals surface area (Å²) in [6.07, 6.45) is 1.28. The standard InChI is InChI=1S/C15H28N4O3/c1-11-8-18(9-12(2)19(11)6-7-20)14(22)16-10-15(3)5-4-13(21)17-15/h11-12,20H,4-10H2,1-3H3,(H,16,22)(H,17,21)/t11-,12+,15?. The number of carbonyl (C=O) groups excluding carboxylic acids is 2. The number of aliphatic hydroxyl groups excluding tert-OH is 1. The van der Waals surface area contributed by atoms with Crippen molar-refractivity contribution in [3.05, 3.63) is 0 Å². The van der Waals surface area contributed by atoms with Gasteiger partial charge in [-0.2, -0.15) is 0 Å². The Labute approximate surface area is 132 Å². The van der Waals surface area contributed by atoms with Gasteiger partial charge in [-0.25, -0.2) is 4.79 Å². The first-order chi connectivity index (χ1) is 10.3. The molecule has 3 N–H and O–H groups in total. The lowest BCUT2D eigenvalue weighted by Crippen LogP contribution is -2.61. The summed E-state index contributed by atoms with van der Waals surface area (Å²) in [7, 11) is 0. The van der Waals surface area contributed by atoms with Gasteiger partial charge in [0.15, 0.2) is 0 Å². The molecule has 3 amide bonds. The molecule has 0 aromatic carbocycles. The summed E-state index contributed by atoms with van der Waals surface area (Å²) in [5, 5.41) is 15.0. The Hall–Kier alpha value is -1.34. The predicted molar refractivity (Wildman–Crippen MR) is 83.5 cm³/mol. The van der Waals surface area contributed by atoms with Gasteiger partial charge in [0, 0.05) is 44.7 Å². The fourth-order valence-electron chi connectivity index (χ4n) is 3.44. The Morgan fingerprint density at radius 2 is 2.05 bits per heavy atom. The molecule has 0 aromatic rings. The molecule has 3 atom stereocenters. The second kappa shape index (κ2) is 6.83. The minimum absolute atomic E-state index is 0.0524. The van der Waals surface area contributed by atoms with E-state index in [1.807, 2.05) is 11.8 Å². The third kappa shape index (κ3) is 3.89. The zero-order valence-electron chi connectivity index (χ0n) is 13.8. The summed E-state index contributed by atoms with van der Waals surface area (Å²) >= 11 is 0.